The Hall–Kier alpha value is -3.28. The molecule has 33 heavy (non-hydrogen) atoms. The van der Waals surface area contributed by atoms with Crippen molar-refractivity contribution in [3.05, 3.63) is 65.7 Å². The van der Waals surface area contributed by atoms with E-state index in [0.29, 0.717) is 44.2 Å². The van der Waals surface area contributed by atoms with Crippen molar-refractivity contribution < 1.29 is 19.1 Å². The molecule has 0 radical (unpaired) electrons. The average Bonchev–Trinajstić information content (AvgIpc) is 2.84. The second kappa shape index (κ2) is 12.7. The third-order valence-electron chi connectivity index (χ3n) is 5.64. The molecule has 6 heteroatoms. The monoisotopic (exact) mass is 450 g/mol. The molecule has 0 aromatic heterocycles. The highest BCUT2D eigenvalue weighted by Gasteiger charge is 2.22. The second-order valence-electron chi connectivity index (χ2n) is 8.06. The number of nitrogens with zero attached hydrogens (tertiary/aromatic N) is 1. The van der Waals surface area contributed by atoms with Crippen LogP contribution >= 0.6 is 0 Å². The molecule has 0 spiro atoms. The lowest BCUT2D eigenvalue weighted by Crippen LogP contribution is -2.46. The van der Waals surface area contributed by atoms with Gasteiger partial charge in [-0.15, -0.1) is 0 Å². The number of carbonyl (C=O) groups is 2. The minimum absolute atomic E-state index is 0.0179. The van der Waals surface area contributed by atoms with Crippen molar-refractivity contribution in [2.24, 2.45) is 0 Å². The molecule has 1 fully saturated rings. The Morgan fingerprint density at radius 2 is 1.70 bits per heavy atom. The maximum atomic E-state index is 12.6. The average molecular weight is 451 g/mol. The summed E-state index contributed by atoms with van der Waals surface area (Å²) in [6.07, 6.45) is 6.17. The lowest BCUT2D eigenvalue weighted by Gasteiger charge is -2.31. The maximum absolute atomic E-state index is 12.6. The first-order valence-electron chi connectivity index (χ1n) is 11.8. The molecule has 1 aliphatic heterocycles. The van der Waals surface area contributed by atoms with Gasteiger partial charge in [0.1, 0.15) is 0 Å². The maximum Gasteiger partial charge on any atom is 0.246 e. The molecule has 0 saturated carbocycles. The number of ether oxygens (including phenoxy) is 2. The van der Waals surface area contributed by atoms with Gasteiger partial charge >= 0.3 is 0 Å². The summed E-state index contributed by atoms with van der Waals surface area (Å²) in [6.45, 7) is 6.25. The summed E-state index contributed by atoms with van der Waals surface area (Å²) in [6, 6.07) is 15.8. The van der Waals surface area contributed by atoms with Gasteiger partial charge in [-0.2, -0.15) is 0 Å². The van der Waals surface area contributed by atoms with E-state index in [-0.39, 0.29) is 17.9 Å². The molecule has 1 aliphatic rings. The van der Waals surface area contributed by atoms with Gasteiger partial charge in [0.15, 0.2) is 11.5 Å². The van der Waals surface area contributed by atoms with Crippen LogP contribution in [0.4, 0.5) is 0 Å². The minimum atomic E-state index is -0.0179. The van der Waals surface area contributed by atoms with Crippen molar-refractivity contribution in [2.45, 2.75) is 45.6 Å². The van der Waals surface area contributed by atoms with Gasteiger partial charge in [-0.3, -0.25) is 9.59 Å². The van der Waals surface area contributed by atoms with Crippen LogP contribution < -0.4 is 14.8 Å². The van der Waals surface area contributed by atoms with Gasteiger partial charge in [-0.25, -0.2) is 0 Å². The summed E-state index contributed by atoms with van der Waals surface area (Å²) in [5.74, 6) is 1.44. The van der Waals surface area contributed by atoms with Gasteiger partial charge < -0.3 is 19.7 Å². The Balaban J connectivity index is 1.44. The van der Waals surface area contributed by atoms with Crippen LogP contribution in [0, 0.1) is 0 Å². The lowest BCUT2D eigenvalue weighted by atomic mass is 10.0. The SMILES string of the molecule is CCOc1ccc(C=CC(=O)N2CCC(NC(=O)CCc3ccccc3)CC2)cc1OCC. The van der Waals surface area contributed by atoms with Crippen molar-refractivity contribution in [2.75, 3.05) is 26.3 Å². The van der Waals surface area contributed by atoms with Crippen molar-refractivity contribution in [1.82, 2.24) is 10.2 Å². The van der Waals surface area contributed by atoms with Crippen LogP contribution in [0.2, 0.25) is 0 Å². The van der Waals surface area contributed by atoms with Crippen LogP contribution in [0.5, 0.6) is 11.5 Å². The Kier molecular flexibility index (Phi) is 9.36. The second-order valence-corrected chi connectivity index (χ2v) is 8.06. The van der Waals surface area contributed by atoms with Gasteiger partial charge in [0.2, 0.25) is 11.8 Å². The normalized spacial score (nSPS) is 14.3. The standard InChI is InChI=1S/C27H34N2O4/c1-3-32-24-13-10-22(20-25(24)33-4-2)12-15-27(31)29-18-16-23(17-19-29)28-26(30)14-11-21-8-6-5-7-9-21/h5-10,12-13,15,20,23H,3-4,11,14,16-19H2,1-2H3,(H,28,30). The largest absolute Gasteiger partial charge is 0.490 e. The number of hydrogen-bond acceptors (Lipinski definition) is 4. The quantitative estimate of drug-likeness (QED) is 0.550. The van der Waals surface area contributed by atoms with Crippen LogP contribution in [0.3, 0.4) is 0 Å². The van der Waals surface area contributed by atoms with Crippen LogP contribution in [0.15, 0.2) is 54.6 Å². The van der Waals surface area contributed by atoms with Gasteiger partial charge in [-0.1, -0.05) is 36.4 Å². The molecular formula is C27H34N2O4. The smallest absolute Gasteiger partial charge is 0.246 e. The number of benzene rings is 2. The molecule has 0 unspecified atom stereocenters. The van der Waals surface area contributed by atoms with E-state index in [1.165, 1.54) is 5.56 Å². The molecular weight excluding hydrogens is 416 g/mol. The van der Waals surface area contributed by atoms with E-state index in [1.54, 1.807) is 12.2 Å². The van der Waals surface area contributed by atoms with Crippen molar-refractivity contribution >= 4 is 17.9 Å². The highest BCUT2D eigenvalue weighted by atomic mass is 16.5. The Morgan fingerprint density at radius 3 is 2.39 bits per heavy atom. The summed E-state index contributed by atoms with van der Waals surface area (Å²) in [4.78, 5) is 26.7. The Morgan fingerprint density at radius 1 is 1.00 bits per heavy atom. The number of carbonyl (C=O) groups excluding carboxylic acids is 2. The Bertz CT molecular complexity index is 934. The predicted molar refractivity (Wildman–Crippen MR) is 130 cm³/mol. The third kappa shape index (κ3) is 7.67. The van der Waals surface area contributed by atoms with Gasteiger partial charge in [0.25, 0.3) is 0 Å². The summed E-state index contributed by atoms with van der Waals surface area (Å²) in [7, 11) is 0. The van der Waals surface area contributed by atoms with Crippen LogP contribution in [-0.2, 0) is 16.0 Å². The van der Waals surface area contributed by atoms with E-state index < -0.39 is 0 Å². The fraction of sp³-hybridized carbons (Fsp3) is 0.407. The first-order valence-corrected chi connectivity index (χ1v) is 11.8. The molecule has 2 amide bonds. The van der Waals surface area contributed by atoms with Gasteiger partial charge in [0.05, 0.1) is 13.2 Å². The summed E-state index contributed by atoms with van der Waals surface area (Å²) in [5, 5.41) is 3.12. The van der Waals surface area contributed by atoms with Crippen LogP contribution in [0.1, 0.15) is 44.2 Å². The first-order chi connectivity index (χ1) is 16.1. The molecule has 1 N–H and O–H groups in total. The number of rotatable bonds is 10. The molecule has 3 rings (SSSR count). The van der Waals surface area contributed by atoms with E-state index in [2.05, 4.69) is 5.32 Å². The van der Waals surface area contributed by atoms with E-state index in [0.717, 1.165) is 24.8 Å². The minimum Gasteiger partial charge on any atom is -0.490 e. The highest BCUT2D eigenvalue weighted by molar-refractivity contribution is 5.92. The molecule has 1 heterocycles. The van der Waals surface area contributed by atoms with Crippen LogP contribution in [0.25, 0.3) is 6.08 Å². The molecule has 176 valence electrons. The van der Waals surface area contributed by atoms with E-state index in [9.17, 15) is 9.59 Å². The third-order valence-corrected chi connectivity index (χ3v) is 5.64. The molecule has 2 aromatic rings. The summed E-state index contributed by atoms with van der Waals surface area (Å²) >= 11 is 0. The molecule has 1 saturated heterocycles. The molecule has 2 aromatic carbocycles. The number of likely N-dealkylation sites (tertiary alicyclic amines) is 1. The Labute approximate surface area is 196 Å². The number of amides is 2. The number of nitrogens with one attached hydrogen (secondary N) is 1. The van der Waals surface area contributed by atoms with E-state index >= 15 is 0 Å². The van der Waals surface area contributed by atoms with E-state index in [4.69, 9.17) is 9.47 Å². The fourth-order valence-corrected chi connectivity index (χ4v) is 3.89. The first kappa shape index (κ1) is 24.4. The number of hydrogen-bond donors (Lipinski definition) is 1. The van der Waals surface area contributed by atoms with Crippen molar-refractivity contribution in [3.8, 4) is 11.5 Å². The fourth-order valence-electron chi connectivity index (χ4n) is 3.89. The van der Waals surface area contributed by atoms with Crippen molar-refractivity contribution in [1.29, 1.82) is 0 Å². The summed E-state index contributed by atoms with van der Waals surface area (Å²) < 4.78 is 11.2. The zero-order chi connectivity index (χ0) is 23.5. The van der Waals surface area contributed by atoms with Crippen LogP contribution in [-0.4, -0.2) is 49.1 Å². The number of piperidine rings is 1. The zero-order valence-corrected chi connectivity index (χ0v) is 19.6. The predicted octanol–water partition coefficient (Wildman–Crippen LogP) is 4.24. The van der Waals surface area contributed by atoms with E-state index in [1.807, 2.05) is 67.3 Å². The van der Waals surface area contributed by atoms with Gasteiger partial charge in [0, 0.05) is 31.6 Å². The lowest BCUT2D eigenvalue weighted by molar-refractivity contribution is -0.127. The van der Waals surface area contributed by atoms with Crippen molar-refractivity contribution in [3.63, 3.8) is 0 Å². The molecule has 0 aliphatic carbocycles. The van der Waals surface area contributed by atoms with Gasteiger partial charge in [-0.05, 0) is 62.4 Å². The molecule has 0 atom stereocenters. The molecule has 0 bridgehead atoms. The number of aryl methyl sites for hydroxylation is 1. The summed E-state index contributed by atoms with van der Waals surface area (Å²) in [5.41, 5.74) is 2.05. The zero-order valence-electron chi connectivity index (χ0n) is 19.6. The highest BCUT2D eigenvalue weighted by Crippen LogP contribution is 2.29. The molecule has 6 nitrogen and oxygen atoms in total. The topological polar surface area (TPSA) is 67.9 Å².